The molecule has 1 amide bonds. The number of carbonyl (C=O) groups is 2. The fraction of sp³-hybridized carbons (Fsp3) is 0.818. The summed E-state index contributed by atoms with van der Waals surface area (Å²) in [5.41, 5.74) is 5.35. The van der Waals surface area contributed by atoms with Crippen molar-refractivity contribution in [2.75, 3.05) is 19.6 Å². The molecule has 3 N–H and O–H groups in total. The van der Waals surface area contributed by atoms with Crippen LogP contribution >= 0.6 is 0 Å². The normalized spacial score (nSPS) is 17.4. The maximum Gasteiger partial charge on any atom is 0.303 e. The zero-order chi connectivity index (χ0) is 12.0. The summed E-state index contributed by atoms with van der Waals surface area (Å²) < 4.78 is 0. The van der Waals surface area contributed by atoms with Crippen LogP contribution in [0, 0.1) is 5.92 Å². The van der Waals surface area contributed by atoms with Crippen molar-refractivity contribution < 1.29 is 14.7 Å². The minimum absolute atomic E-state index is 0.152. The van der Waals surface area contributed by atoms with Crippen LogP contribution in [0.4, 0.5) is 0 Å². The molecule has 1 saturated heterocycles. The van der Waals surface area contributed by atoms with Gasteiger partial charge in [0, 0.05) is 25.9 Å². The van der Waals surface area contributed by atoms with E-state index in [1.54, 1.807) is 0 Å². The first-order valence-electron chi connectivity index (χ1n) is 5.83. The third kappa shape index (κ3) is 4.18. The highest BCUT2D eigenvalue weighted by atomic mass is 16.4. The van der Waals surface area contributed by atoms with Crippen molar-refractivity contribution in [3.63, 3.8) is 0 Å². The highest BCUT2D eigenvalue weighted by Crippen LogP contribution is 2.20. The third-order valence-electron chi connectivity index (χ3n) is 3.03. The van der Waals surface area contributed by atoms with E-state index in [-0.39, 0.29) is 18.2 Å². The lowest BCUT2D eigenvalue weighted by Crippen LogP contribution is -2.38. The Morgan fingerprint density at radius 2 is 1.94 bits per heavy atom. The number of nitrogens with two attached hydrogens (primary N) is 1. The van der Waals surface area contributed by atoms with Crippen LogP contribution in [-0.4, -0.2) is 41.5 Å². The molecule has 1 heterocycles. The van der Waals surface area contributed by atoms with E-state index < -0.39 is 5.97 Å². The molecule has 0 aromatic carbocycles. The average Bonchev–Trinajstić information content (AvgIpc) is 2.26. The zero-order valence-corrected chi connectivity index (χ0v) is 9.52. The Hall–Kier alpha value is -1.10. The standard InChI is InChI=1S/C11H20N2O3/c12-5-1-2-10(14)13-6-3-9(4-7-13)8-11(15)16/h9H,1-8,12H2,(H,15,16). The predicted octanol–water partition coefficient (Wildman–Crippen LogP) is 0.439. The van der Waals surface area contributed by atoms with Crippen LogP contribution in [0.25, 0.3) is 0 Å². The summed E-state index contributed by atoms with van der Waals surface area (Å²) in [6.07, 6.45) is 3.08. The average molecular weight is 228 g/mol. The first kappa shape index (κ1) is 13.0. The Morgan fingerprint density at radius 3 is 2.44 bits per heavy atom. The van der Waals surface area contributed by atoms with Gasteiger partial charge in [0.2, 0.25) is 5.91 Å². The highest BCUT2D eigenvalue weighted by Gasteiger charge is 2.23. The molecule has 1 rings (SSSR count). The summed E-state index contributed by atoms with van der Waals surface area (Å²) in [6, 6.07) is 0. The first-order chi connectivity index (χ1) is 7.63. The summed E-state index contributed by atoms with van der Waals surface area (Å²) in [5, 5.41) is 8.66. The smallest absolute Gasteiger partial charge is 0.303 e. The van der Waals surface area contributed by atoms with Crippen LogP contribution < -0.4 is 5.73 Å². The maximum atomic E-state index is 11.6. The molecule has 0 aliphatic carbocycles. The van der Waals surface area contributed by atoms with Gasteiger partial charge in [-0.15, -0.1) is 0 Å². The van der Waals surface area contributed by atoms with Crippen molar-refractivity contribution in [3.8, 4) is 0 Å². The van der Waals surface area contributed by atoms with E-state index in [4.69, 9.17) is 10.8 Å². The molecule has 5 heteroatoms. The lowest BCUT2D eigenvalue weighted by atomic mass is 9.93. The van der Waals surface area contributed by atoms with Crippen molar-refractivity contribution >= 4 is 11.9 Å². The number of aliphatic carboxylic acids is 1. The number of carbonyl (C=O) groups excluding carboxylic acids is 1. The van der Waals surface area contributed by atoms with E-state index in [9.17, 15) is 9.59 Å². The van der Waals surface area contributed by atoms with Crippen LogP contribution in [0.3, 0.4) is 0 Å². The van der Waals surface area contributed by atoms with E-state index in [0.29, 0.717) is 26.1 Å². The Bertz CT molecular complexity index is 248. The molecule has 0 unspecified atom stereocenters. The van der Waals surface area contributed by atoms with Crippen molar-refractivity contribution in [1.29, 1.82) is 0 Å². The first-order valence-corrected chi connectivity index (χ1v) is 5.83. The van der Waals surface area contributed by atoms with Crippen molar-refractivity contribution in [2.24, 2.45) is 11.7 Å². The molecule has 5 nitrogen and oxygen atoms in total. The Morgan fingerprint density at radius 1 is 1.31 bits per heavy atom. The number of rotatable bonds is 5. The number of hydrogen-bond acceptors (Lipinski definition) is 3. The summed E-state index contributed by atoms with van der Waals surface area (Å²) >= 11 is 0. The van der Waals surface area contributed by atoms with Gasteiger partial charge in [-0.25, -0.2) is 0 Å². The Labute approximate surface area is 95.6 Å². The molecule has 0 bridgehead atoms. The molecular formula is C11H20N2O3. The molecule has 1 fully saturated rings. The molecule has 16 heavy (non-hydrogen) atoms. The van der Waals surface area contributed by atoms with Gasteiger partial charge in [-0.3, -0.25) is 9.59 Å². The summed E-state index contributed by atoms with van der Waals surface area (Å²) in [4.78, 5) is 24.0. The van der Waals surface area contributed by atoms with E-state index in [1.807, 2.05) is 4.90 Å². The van der Waals surface area contributed by atoms with Crippen LogP contribution in [0.1, 0.15) is 32.1 Å². The highest BCUT2D eigenvalue weighted by molar-refractivity contribution is 5.76. The molecule has 0 spiro atoms. The third-order valence-corrected chi connectivity index (χ3v) is 3.03. The van der Waals surface area contributed by atoms with E-state index >= 15 is 0 Å². The maximum absolute atomic E-state index is 11.6. The van der Waals surface area contributed by atoms with E-state index in [1.165, 1.54) is 0 Å². The zero-order valence-electron chi connectivity index (χ0n) is 9.52. The minimum Gasteiger partial charge on any atom is -0.481 e. The van der Waals surface area contributed by atoms with E-state index in [2.05, 4.69) is 0 Å². The van der Waals surface area contributed by atoms with Gasteiger partial charge in [-0.1, -0.05) is 0 Å². The Kier molecular flexibility index (Phi) is 5.25. The molecule has 1 aliphatic heterocycles. The fourth-order valence-electron chi connectivity index (χ4n) is 2.04. The van der Waals surface area contributed by atoms with Crippen LogP contribution in [0.15, 0.2) is 0 Å². The van der Waals surface area contributed by atoms with Gasteiger partial charge >= 0.3 is 5.97 Å². The molecule has 0 aromatic rings. The van der Waals surface area contributed by atoms with Gasteiger partial charge in [0.15, 0.2) is 0 Å². The second-order valence-electron chi connectivity index (χ2n) is 4.31. The lowest BCUT2D eigenvalue weighted by molar-refractivity contribution is -0.138. The largest absolute Gasteiger partial charge is 0.481 e. The SMILES string of the molecule is NCCCC(=O)N1CCC(CC(=O)O)CC1. The number of hydrogen-bond donors (Lipinski definition) is 2. The van der Waals surface area contributed by atoms with Crippen molar-refractivity contribution in [1.82, 2.24) is 4.90 Å². The quantitative estimate of drug-likeness (QED) is 0.715. The van der Waals surface area contributed by atoms with E-state index in [0.717, 1.165) is 19.3 Å². The number of amides is 1. The second-order valence-corrected chi connectivity index (χ2v) is 4.31. The monoisotopic (exact) mass is 228 g/mol. The molecule has 0 aromatic heterocycles. The van der Waals surface area contributed by atoms with Gasteiger partial charge in [-0.05, 0) is 31.7 Å². The predicted molar refractivity (Wildman–Crippen MR) is 59.8 cm³/mol. The topological polar surface area (TPSA) is 83.6 Å². The van der Waals surface area contributed by atoms with Crippen molar-refractivity contribution in [2.45, 2.75) is 32.1 Å². The van der Waals surface area contributed by atoms with Gasteiger partial charge < -0.3 is 15.7 Å². The molecule has 0 saturated carbocycles. The van der Waals surface area contributed by atoms with Gasteiger partial charge in [0.25, 0.3) is 0 Å². The summed E-state index contributed by atoms with van der Waals surface area (Å²) in [5.74, 6) is -0.358. The second kappa shape index (κ2) is 6.48. The van der Waals surface area contributed by atoms with Crippen LogP contribution in [-0.2, 0) is 9.59 Å². The van der Waals surface area contributed by atoms with Gasteiger partial charge in [-0.2, -0.15) is 0 Å². The van der Waals surface area contributed by atoms with Crippen molar-refractivity contribution in [3.05, 3.63) is 0 Å². The molecular weight excluding hydrogens is 208 g/mol. The molecule has 0 atom stereocenters. The molecule has 92 valence electrons. The van der Waals surface area contributed by atoms with Gasteiger partial charge in [0.1, 0.15) is 0 Å². The number of nitrogens with zero attached hydrogens (tertiary/aromatic N) is 1. The minimum atomic E-state index is -0.743. The molecule has 1 aliphatic rings. The lowest BCUT2D eigenvalue weighted by Gasteiger charge is -2.31. The van der Waals surface area contributed by atoms with Crippen LogP contribution in [0.5, 0.6) is 0 Å². The molecule has 0 radical (unpaired) electrons. The number of piperidine rings is 1. The van der Waals surface area contributed by atoms with Crippen LogP contribution in [0.2, 0.25) is 0 Å². The summed E-state index contributed by atoms with van der Waals surface area (Å²) in [7, 11) is 0. The Balaban J connectivity index is 2.25. The number of carboxylic acid groups (broad SMARTS) is 1. The summed E-state index contributed by atoms with van der Waals surface area (Å²) in [6.45, 7) is 1.93. The number of likely N-dealkylation sites (tertiary alicyclic amines) is 1. The van der Waals surface area contributed by atoms with Gasteiger partial charge in [0.05, 0.1) is 0 Å². The fourth-order valence-corrected chi connectivity index (χ4v) is 2.04. The number of carboxylic acids is 1.